The van der Waals surface area contributed by atoms with Crippen LogP contribution < -0.4 is 5.32 Å². The summed E-state index contributed by atoms with van der Waals surface area (Å²) in [5.41, 5.74) is -0.681. The fraction of sp³-hybridized carbons (Fsp3) is 0.833. The summed E-state index contributed by atoms with van der Waals surface area (Å²) in [4.78, 5) is 43.0. The first-order valence-electron chi connectivity index (χ1n) is 9.66. The predicted molar refractivity (Wildman–Crippen MR) is 91.5 cm³/mol. The van der Waals surface area contributed by atoms with Gasteiger partial charge in [-0.2, -0.15) is 0 Å². The molecule has 4 fully saturated rings. The Morgan fingerprint density at radius 2 is 1.84 bits per heavy atom. The highest BCUT2D eigenvalue weighted by Gasteiger charge is 2.55. The zero-order chi connectivity index (χ0) is 17.6. The Labute approximate surface area is 148 Å². The Morgan fingerprint density at radius 3 is 2.48 bits per heavy atom. The lowest BCUT2D eigenvalue weighted by Crippen LogP contribution is -2.55. The molecule has 25 heavy (non-hydrogen) atoms. The van der Waals surface area contributed by atoms with E-state index in [1.807, 2.05) is 4.90 Å². The predicted octanol–water partition coefficient (Wildman–Crippen LogP) is 0.999. The van der Waals surface area contributed by atoms with E-state index in [4.69, 9.17) is 0 Å². The van der Waals surface area contributed by atoms with Crippen LogP contribution in [0, 0.1) is 11.8 Å². The highest BCUT2D eigenvalue weighted by molar-refractivity contribution is 6.07. The molecule has 138 valence electrons. The van der Waals surface area contributed by atoms with E-state index in [0.29, 0.717) is 19.8 Å². The van der Waals surface area contributed by atoms with Gasteiger partial charge in [-0.1, -0.05) is 19.8 Å². The number of rotatable bonds is 3. The van der Waals surface area contributed by atoms with Crippen LogP contribution in [0.25, 0.3) is 0 Å². The standard InChI is InChI=1S/C18H28N4O3/c1-13-4-2-3-7-18(13)16(24)22(17(25)19-18)12-20-8-10-21(11-9-20)15(23)14-5-6-14/h13-14H,2-12H2,1H3,(H,19,25)/t13-,18-/m0/s1. The minimum Gasteiger partial charge on any atom is -0.340 e. The maximum Gasteiger partial charge on any atom is 0.326 e. The largest absolute Gasteiger partial charge is 0.340 e. The van der Waals surface area contributed by atoms with Crippen LogP contribution in [0.15, 0.2) is 0 Å². The number of hydrogen-bond acceptors (Lipinski definition) is 4. The lowest BCUT2D eigenvalue weighted by Gasteiger charge is -2.38. The highest BCUT2D eigenvalue weighted by Crippen LogP contribution is 2.38. The van der Waals surface area contributed by atoms with E-state index in [0.717, 1.165) is 51.6 Å². The van der Waals surface area contributed by atoms with Gasteiger partial charge in [-0.15, -0.1) is 0 Å². The molecular weight excluding hydrogens is 320 g/mol. The van der Waals surface area contributed by atoms with E-state index < -0.39 is 5.54 Å². The second kappa shape index (κ2) is 6.27. The Bertz CT molecular complexity index is 583. The molecular formula is C18H28N4O3. The summed E-state index contributed by atoms with van der Waals surface area (Å²) < 4.78 is 0. The van der Waals surface area contributed by atoms with Crippen molar-refractivity contribution in [2.24, 2.45) is 11.8 Å². The molecule has 7 nitrogen and oxygen atoms in total. The molecule has 0 unspecified atom stereocenters. The zero-order valence-electron chi connectivity index (χ0n) is 15.0. The normalized spacial score (nSPS) is 33.9. The maximum absolute atomic E-state index is 13.0. The third-order valence-corrected chi connectivity index (χ3v) is 6.45. The first-order valence-corrected chi connectivity index (χ1v) is 9.66. The fourth-order valence-electron chi connectivity index (χ4n) is 4.52. The zero-order valence-corrected chi connectivity index (χ0v) is 15.0. The molecule has 0 bridgehead atoms. The van der Waals surface area contributed by atoms with Crippen molar-refractivity contribution < 1.29 is 14.4 Å². The van der Waals surface area contributed by atoms with Gasteiger partial charge < -0.3 is 10.2 Å². The van der Waals surface area contributed by atoms with Gasteiger partial charge in [0.2, 0.25) is 5.91 Å². The average Bonchev–Trinajstić information content (AvgIpc) is 3.43. The van der Waals surface area contributed by atoms with Crippen molar-refractivity contribution in [3.05, 3.63) is 0 Å². The second-order valence-corrected chi connectivity index (χ2v) is 8.14. The molecule has 1 N–H and O–H groups in total. The van der Waals surface area contributed by atoms with Gasteiger partial charge in [0.25, 0.3) is 5.91 Å². The Kier molecular flexibility index (Phi) is 4.22. The van der Waals surface area contributed by atoms with Crippen LogP contribution in [0.1, 0.15) is 45.4 Å². The van der Waals surface area contributed by atoms with E-state index >= 15 is 0 Å². The number of imide groups is 1. The molecule has 2 aliphatic carbocycles. The van der Waals surface area contributed by atoms with Gasteiger partial charge in [-0.25, -0.2) is 9.69 Å². The fourth-order valence-corrected chi connectivity index (χ4v) is 4.52. The van der Waals surface area contributed by atoms with Crippen LogP contribution in [0.5, 0.6) is 0 Å². The number of carbonyl (C=O) groups excluding carboxylic acids is 3. The summed E-state index contributed by atoms with van der Waals surface area (Å²) in [5.74, 6) is 0.673. The van der Waals surface area contributed by atoms with Crippen LogP contribution in [0.4, 0.5) is 4.79 Å². The maximum atomic E-state index is 13.0. The van der Waals surface area contributed by atoms with Crippen molar-refractivity contribution in [2.45, 2.75) is 51.0 Å². The van der Waals surface area contributed by atoms with E-state index in [2.05, 4.69) is 17.1 Å². The summed E-state index contributed by atoms with van der Waals surface area (Å²) in [6.07, 6.45) is 5.92. The van der Waals surface area contributed by atoms with Gasteiger partial charge >= 0.3 is 6.03 Å². The third-order valence-electron chi connectivity index (χ3n) is 6.45. The highest BCUT2D eigenvalue weighted by atomic mass is 16.2. The van der Waals surface area contributed by atoms with Crippen LogP contribution >= 0.6 is 0 Å². The molecule has 4 amide bonds. The van der Waals surface area contributed by atoms with Crippen LogP contribution in [0.2, 0.25) is 0 Å². The van der Waals surface area contributed by atoms with Crippen molar-refractivity contribution in [2.75, 3.05) is 32.8 Å². The minimum absolute atomic E-state index is 0.0545. The molecule has 4 rings (SSSR count). The SMILES string of the molecule is C[C@H]1CCCC[C@]12NC(=O)N(CN1CCN(C(=O)C3CC3)CC1)C2=O. The molecule has 2 aliphatic heterocycles. The molecule has 2 atom stereocenters. The average molecular weight is 348 g/mol. The first-order chi connectivity index (χ1) is 12.0. The Balaban J connectivity index is 1.36. The van der Waals surface area contributed by atoms with Crippen molar-refractivity contribution in [3.8, 4) is 0 Å². The van der Waals surface area contributed by atoms with Crippen molar-refractivity contribution in [1.82, 2.24) is 20.0 Å². The Hall–Kier alpha value is -1.63. The molecule has 0 radical (unpaired) electrons. The number of urea groups is 1. The summed E-state index contributed by atoms with van der Waals surface area (Å²) in [6, 6.07) is -0.254. The van der Waals surface area contributed by atoms with Gasteiger partial charge in [-0.3, -0.25) is 14.5 Å². The summed E-state index contributed by atoms with van der Waals surface area (Å²) in [6.45, 7) is 5.24. The van der Waals surface area contributed by atoms with Gasteiger partial charge in [0.15, 0.2) is 0 Å². The van der Waals surface area contributed by atoms with Crippen LogP contribution in [-0.2, 0) is 9.59 Å². The summed E-state index contributed by atoms with van der Waals surface area (Å²) in [7, 11) is 0. The molecule has 0 aromatic rings. The monoisotopic (exact) mass is 348 g/mol. The van der Waals surface area contributed by atoms with Crippen LogP contribution in [0.3, 0.4) is 0 Å². The molecule has 2 saturated carbocycles. The number of carbonyl (C=O) groups is 3. The van der Waals surface area contributed by atoms with Crippen molar-refractivity contribution in [3.63, 3.8) is 0 Å². The summed E-state index contributed by atoms with van der Waals surface area (Å²) >= 11 is 0. The van der Waals surface area contributed by atoms with Gasteiger partial charge in [0, 0.05) is 32.1 Å². The number of hydrogen-bond donors (Lipinski definition) is 1. The molecule has 0 aromatic heterocycles. The van der Waals surface area contributed by atoms with Crippen molar-refractivity contribution in [1.29, 1.82) is 0 Å². The van der Waals surface area contributed by atoms with E-state index in [-0.39, 0.29) is 29.7 Å². The molecule has 2 heterocycles. The quantitative estimate of drug-likeness (QED) is 0.772. The molecule has 7 heteroatoms. The van der Waals surface area contributed by atoms with E-state index in [1.165, 1.54) is 4.90 Å². The Morgan fingerprint density at radius 1 is 1.12 bits per heavy atom. The minimum atomic E-state index is -0.681. The smallest absolute Gasteiger partial charge is 0.326 e. The van der Waals surface area contributed by atoms with Gasteiger partial charge in [0.05, 0.1) is 6.67 Å². The first kappa shape index (κ1) is 16.8. The topological polar surface area (TPSA) is 73.0 Å². The van der Waals surface area contributed by atoms with Gasteiger partial charge in [-0.05, 0) is 31.6 Å². The molecule has 1 spiro atoms. The molecule has 0 aromatic carbocycles. The van der Waals surface area contributed by atoms with E-state index in [9.17, 15) is 14.4 Å². The lowest BCUT2D eigenvalue weighted by atomic mass is 9.73. The number of piperazine rings is 1. The molecule has 2 saturated heterocycles. The third kappa shape index (κ3) is 2.92. The molecule has 4 aliphatic rings. The van der Waals surface area contributed by atoms with Gasteiger partial charge in [0.1, 0.15) is 5.54 Å². The van der Waals surface area contributed by atoms with Crippen molar-refractivity contribution >= 4 is 17.8 Å². The van der Waals surface area contributed by atoms with Crippen LogP contribution in [-0.4, -0.2) is 70.9 Å². The second-order valence-electron chi connectivity index (χ2n) is 8.14. The number of amides is 4. The number of nitrogens with zero attached hydrogens (tertiary/aromatic N) is 3. The lowest BCUT2D eigenvalue weighted by molar-refractivity contribution is -0.138. The van der Waals surface area contributed by atoms with E-state index in [1.54, 1.807) is 0 Å². The number of nitrogens with one attached hydrogen (secondary N) is 1. The summed E-state index contributed by atoms with van der Waals surface area (Å²) in [5, 5.41) is 3.00.